The minimum absolute atomic E-state index is 0.0971. The molecule has 17 heavy (non-hydrogen) atoms. The van der Waals surface area contributed by atoms with Crippen LogP contribution in [0.2, 0.25) is 0 Å². The Morgan fingerprint density at radius 2 is 1.94 bits per heavy atom. The first kappa shape index (κ1) is 14.4. The van der Waals surface area contributed by atoms with E-state index < -0.39 is 24.5 Å². The van der Waals surface area contributed by atoms with Crippen molar-refractivity contribution in [2.45, 2.75) is 31.5 Å². The zero-order chi connectivity index (χ0) is 13.1. The average molecular weight is 314 g/mol. The molecule has 0 heterocycles. The fourth-order valence-corrected chi connectivity index (χ4v) is 1.81. The molecule has 2 N–H and O–H groups in total. The fourth-order valence-electron chi connectivity index (χ4n) is 1.48. The van der Waals surface area contributed by atoms with E-state index in [1.54, 1.807) is 6.07 Å². The second-order valence-corrected chi connectivity index (χ2v) is 4.70. The van der Waals surface area contributed by atoms with E-state index in [1.165, 1.54) is 12.1 Å². The Bertz CT molecular complexity index is 378. The molecule has 0 saturated heterocycles. The molecule has 96 valence electrons. The van der Waals surface area contributed by atoms with Crippen molar-refractivity contribution in [3.8, 4) is 0 Å². The summed E-state index contributed by atoms with van der Waals surface area (Å²) in [6.07, 6.45) is -5.06. The van der Waals surface area contributed by atoms with E-state index in [2.05, 4.69) is 15.9 Å². The van der Waals surface area contributed by atoms with Gasteiger partial charge in [0.25, 0.3) is 0 Å². The van der Waals surface area contributed by atoms with Crippen LogP contribution in [0.4, 0.5) is 17.6 Å². The third kappa shape index (κ3) is 5.04. The van der Waals surface area contributed by atoms with Crippen LogP contribution in [0.25, 0.3) is 0 Å². The van der Waals surface area contributed by atoms with Gasteiger partial charge < -0.3 is 5.73 Å². The number of hydrogen-bond donors (Lipinski definition) is 1. The molecule has 6 heteroatoms. The van der Waals surface area contributed by atoms with Gasteiger partial charge in [-0.05, 0) is 25.0 Å². The smallest absolute Gasteiger partial charge is 0.324 e. The van der Waals surface area contributed by atoms with Crippen molar-refractivity contribution >= 4 is 15.9 Å². The monoisotopic (exact) mass is 313 g/mol. The maximum atomic E-state index is 13.4. The molecule has 1 atom stereocenters. The van der Waals surface area contributed by atoms with Crippen molar-refractivity contribution in [1.82, 2.24) is 0 Å². The number of hydrogen-bond acceptors (Lipinski definition) is 1. The van der Waals surface area contributed by atoms with Gasteiger partial charge in [-0.15, -0.1) is 0 Å². The Morgan fingerprint density at radius 3 is 2.47 bits per heavy atom. The molecule has 0 bridgehead atoms. The zero-order valence-electron chi connectivity index (χ0n) is 8.90. The number of benzene rings is 1. The molecule has 0 amide bonds. The Hall–Kier alpha value is -0.620. The van der Waals surface area contributed by atoms with Gasteiger partial charge in [0.15, 0.2) is 0 Å². The highest BCUT2D eigenvalue weighted by atomic mass is 79.9. The van der Waals surface area contributed by atoms with Crippen LogP contribution in [-0.4, -0.2) is 6.18 Å². The van der Waals surface area contributed by atoms with Crippen molar-refractivity contribution in [3.05, 3.63) is 34.1 Å². The summed E-state index contributed by atoms with van der Waals surface area (Å²) in [4.78, 5) is 0. The predicted molar refractivity (Wildman–Crippen MR) is 60.9 cm³/mol. The highest BCUT2D eigenvalue weighted by molar-refractivity contribution is 9.10. The molecule has 0 fully saturated rings. The largest absolute Gasteiger partial charge is 0.389 e. The van der Waals surface area contributed by atoms with E-state index in [4.69, 9.17) is 5.73 Å². The number of nitrogens with two attached hydrogens (primary N) is 1. The van der Waals surface area contributed by atoms with Crippen molar-refractivity contribution in [3.63, 3.8) is 0 Å². The Kier molecular flexibility index (Phi) is 4.94. The van der Waals surface area contributed by atoms with E-state index in [1.807, 2.05) is 0 Å². The molecule has 0 aliphatic heterocycles. The van der Waals surface area contributed by atoms with Crippen molar-refractivity contribution in [2.75, 3.05) is 0 Å². The second kappa shape index (κ2) is 5.82. The van der Waals surface area contributed by atoms with Gasteiger partial charge in [-0.1, -0.05) is 22.0 Å². The fraction of sp³-hybridized carbons (Fsp3) is 0.455. The number of rotatable bonds is 4. The summed E-state index contributed by atoms with van der Waals surface area (Å²) < 4.78 is 49.8. The third-order valence-electron chi connectivity index (χ3n) is 2.34. The second-order valence-electron chi connectivity index (χ2n) is 3.78. The van der Waals surface area contributed by atoms with Crippen LogP contribution < -0.4 is 5.73 Å². The first-order chi connectivity index (χ1) is 7.79. The molecule has 0 saturated carbocycles. The molecule has 1 nitrogen and oxygen atoms in total. The van der Waals surface area contributed by atoms with Gasteiger partial charge in [0, 0.05) is 22.5 Å². The normalized spacial score (nSPS) is 13.8. The lowest BCUT2D eigenvalue weighted by molar-refractivity contribution is -0.135. The summed E-state index contributed by atoms with van der Waals surface area (Å²) >= 11 is 3.09. The summed E-state index contributed by atoms with van der Waals surface area (Å²) in [5.41, 5.74) is 5.90. The summed E-state index contributed by atoms with van der Waals surface area (Å²) in [6.45, 7) is 0. The Morgan fingerprint density at radius 1 is 1.29 bits per heavy atom. The van der Waals surface area contributed by atoms with Crippen molar-refractivity contribution < 1.29 is 17.6 Å². The van der Waals surface area contributed by atoms with E-state index >= 15 is 0 Å². The van der Waals surface area contributed by atoms with Gasteiger partial charge in [0.05, 0.1) is 0 Å². The standard InChI is InChI=1S/C11H12BrF4N/c12-7-3-4-8(9(13)6-7)10(17)2-1-5-11(14,15)16/h3-4,6,10H,1-2,5,17H2. The van der Waals surface area contributed by atoms with Gasteiger partial charge in [0.1, 0.15) is 5.82 Å². The molecule has 0 aromatic heterocycles. The van der Waals surface area contributed by atoms with Crippen LogP contribution in [-0.2, 0) is 0 Å². The molecular weight excluding hydrogens is 302 g/mol. The van der Waals surface area contributed by atoms with Crippen molar-refractivity contribution in [2.24, 2.45) is 5.73 Å². The van der Waals surface area contributed by atoms with Gasteiger partial charge >= 0.3 is 6.18 Å². The highest BCUT2D eigenvalue weighted by Gasteiger charge is 2.26. The van der Waals surface area contributed by atoms with Crippen LogP contribution in [0.5, 0.6) is 0 Å². The summed E-state index contributed by atoms with van der Waals surface area (Å²) in [6, 6.07) is 3.64. The van der Waals surface area contributed by atoms with Crippen LogP contribution in [0, 0.1) is 5.82 Å². The molecule has 0 aliphatic carbocycles. The van der Waals surface area contributed by atoms with Gasteiger partial charge in [-0.3, -0.25) is 0 Å². The van der Waals surface area contributed by atoms with E-state index in [9.17, 15) is 17.6 Å². The van der Waals surface area contributed by atoms with Crippen LogP contribution in [0.1, 0.15) is 30.9 Å². The predicted octanol–water partition coefficient (Wildman–Crippen LogP) is 4.32. The van der Waals surface area contributed by atoms with E-state index in [-0.39, 0.29) is 18.4 Å². The first-order valence-corrected chi connectivity index (χ1v) is 5.86. The molecule has 0 aliphatic rings. The van der Waals surface area contributed by atoms with E-state index in [0.717, 1.165) is 0 Å². The maximum absolute atomic E-state index is 13.4. The topological polar surface area (TPSA) is 26.0 Å². The summed E-state index contributed by atoms with van der Waals surface area (Å²) in [5, 5.41) is 0. The van der Waals surface area contributed by atoms with Gasteiger partial charge in [-0.2, -0.15) is 13.2 Å². The number of alkyl halides is 3. The lowest BCUT2D eigenvalue weighted by Gasteiger charge is -2.13. The molecule has 0 radical (unpaired) electrons. The molecule has 1 aromatic carbocycles. The number of halogens is 5. The lowest BCUT2D eigenvalue weighted by atomic mass is 10.0. The van der Waals surface area contributed by atoms with Gasteiger partial charge in [0.2, 0.25) is 0 Å². The third-order valence-corrected chi connectivity index (χ3v) is 2.83. The zero-order valence-corrected chi connectivity index (χ0v) is 10.5. The first-order valence-electron chi connectivity index (χ1n) is 5.07. The van der Waals surface area contributed by atoms with Gasteiger partial charge in [-0.25, -0.2) is 4.39 Å². The molecule has 1 rings (SSSR count). The minimum atomic E-state index is -4.18. The van der Waals surface area contributed by atoms with Crippen LogP contribution in [0.15, 0.2) is 22.7 Å². The molecular formula is C11H12BrF4N. The molecule has 1 aromatic rings. The average Bonchev–Trinajstić information content (AvgIpc) is 2.15. The minimum Gasteiger partial charge on any atom is -0.324 e. The quantitative estimate of drug-likeness (QED) is 0.823. The van der Waals surface area contributed by atoms with Crippen LogP contribution >= 0.6 is 15.9 Å². The van der Waals surface area contributed by atoms with Crippen molar-refractivity contribution in [1.29, 1.82) is 0 Å². The lowest BCUT2D eigenvalue weighted by Crippen LogP contribution is -2.14. The maximum Gasteiger partial charge on any atom is 0.389 e. The van der Waals surface area contributed by atoms with E-state index in [0.29, 0.717) is 4.47 Å². The summed E-state index contributed by atoms with van der Waals surface area (Å²) in [7, 11) is 0. The SMILES string of the molecule is NC(CCCC(F)(F)F)c1ccc(Br)cc1F. The molecule has 1 unspecified atom stereocenters. The Labute approximate surface area is 105 Å². The summed E-state index contributed by atoms with van der Waals surface area (Å²) in [5.74, 6) is -0.501. The van der Waals surface area contributed by atoms with Crippen LogP contribution in [0.3, 0.4) is 0 Å². The Balaban J connectivity index is 2.55. The molecule has 0 spiro atoms. The highest BCUT2D eigenvalue weighted by Crippen LogP contribution is 2.27.